The third kappa shape index (κ3) is 6.31. The third-order valence-electron chi connectivity index (χ3n) is 6.09. The van der Waals surface area contributed by atoms with Crippen molar-refractivity contribution in [1.82, 2.24) is 0 Å². The topological polar surface area (TPSA) is 0 Å². The van der Waals surface area contributed by atoms with Crippen LogP contribution in [0.2, 0.25) is 0 Å². The Kier molecular flexibility index (Phi) is 8.34. The zero-order chi connectivity index (χ0) is 15.6. The molecule has 0 heteroatoms. The van der Waals surface area contributed by atoms with Crippen molar-refractivity contribution in [3.05, 3.63) is 24.3 Å². The highest BCUT2D eigenvalue weighted by Crippen LogP contribution is 2.34. The third-order valence-corrected chi connectivity index (χ3v) is 6.09. The largest absolute Gasteiger partial charge is 0.0914 e. The van der Waals surface area contributed by atoms with Crippen molar-refractivity contribution in [2.24, 2.45) is 23.7 Å². The molecule has 0 aromatic rings. The van der Waals surface area contributed by atoms with Crippen LogP contribution in [0.25, 0.3) is 0 Å². The van der Waals surface area contributed by atoms with Gasteiger partial charge in [-0.05, 0) is 69.1 Å². The maximum atomic E-state index is 2.55. The van der Waals surface area contributed by atoms with E-state index in [1.807, 2.05) is 0 Å². The summed E-state index contributed by atoms with van der Waals surface area (Å²) >= 11 is 0. The van der Waals surface area contributed by atoms with Gasteiger partial charge in [0.15, 0.2) is 0 Å². The van der Waals surface area contributed by atoms with Crippen LogP contribution in [0.4, 0.5) is 0 Å². The minimum atomic E-state index is 0.868. The quantitative estimate of drug-likeness (QED) is 0.432. The van der Waals surface area contributed by atoms with Gasteiger partial charge in [-0.25, -0.2) is 0 Å². The van der Waals surface area contributed by atoms with Crippen molar-refractivity contribution < 1.29 is 0 Å². The summed E-state index contributed by atoms with van der Waals surface area (Å²) in [6, 6.07) is 0. The van der Waals surface area contributed by atoms with Gasteiger partial charge in [0.05, 0.1) is 0 Å². The highest BCUT2D eigenvalue weighted by molar-refractivity contribution is 4.95. The Bertz CT molecular complexity index is 322. The molecular formula is C22H38. The maximum Gasteiger partial charge on any atom is -0.0233 e. The van der Waals surface area contributed by atoms with E-state index in [1.165, 1.54) is 77.0 Å². The zero-order valence-corrected chi connectivity index (χ0v) is 15.1. The maximum absolute atomic E-state index is 2.55. The lowest BCUT2D eigenvalue weighted by atomic mass is 9.78. The number of hydrogen-bond donors (Lipinski definition) is 0. The Hall–Kier alpha value is -0.520. The van der Waals surface area contributed by atoms with Crippen LogP contribution in [0.3, 0.4) is 0 Å². The second-order valence-electron chi connectivity index (χ2n) is 7.88. The van der Waals surface area contributed by atoms with Gasteiger partial charge in [0, 0.05) is 0 Å². The molecule has 2 saturated carbocycles. The molecule has 0 saturated heterocycles. The second-order valence-corrected chi connectivity index (χ2v) is 7.88. The van der Waals surface area contributed by atoms with Gasteiger partial charge >= 0.3 is 0 Å². The first-order chi connectivity index (χ1) is 10.8. The Balaban J connectivity index is 1.55. The van der Waals surface area contributed by atoms with Crippen LogP contribution < -0.4 is 0 Å². The fraction of sp³-hybridized carbons (Fsp3) is 0.818. The summed E-state index contributed by atoms with van der Waals surface area (Å²) in [6.45, 7) is 4.49. The zero-order valence-electron chi connectivity index (χ0n) is 15.1. The molecule has 0 bridgehead atoms. The number of hydrogen-bond acceptors (Lipinski definition) is 0. The lowest BCUT2D eigenvalue weighted by molar-refractivity contribution is 0.253. The Morgan fingerprint density at radius 3 is 1.82 bits per heavy atom. The first kappa shape index (κ1) is 17.8. The van der Waals surface area contributed by atoms with E-state index in [4.69, 9.17) is 0 Å². The van der Waals surface area contributed by atoms with E-state index in [-0.39, 0.29) is 0 Å². The lowest BCUT2D eigenvalue weighted by Gasteiger charge is -2.28. The van der Waals surface area contributed by atoms with Gasteiger partial charge < -0.3 is 0 Å². The average Bonchev–Trinajstić information content (AvgIpc) is 2.55. The molecule has 0 spiro atoms. The van der Waals surface area contributed by atoms with Crippen molar-refractivity contribution in [2.75, 3.05) is 0 Å². The molecule has 0 heterocycles. The molecule has 0 aromatic carbocycles. The molecule has 0 nitrogen and oxygen atoms in total. The predicted molar refractivity (Wildman–Crippen MR) is 99.0 cm³/mol. The van der Waals surface area contributed by atoms with Gasteiger partial charge in [0.1, 0.15) is 0 Å². The van der Waals surface area contributed by atoms with E-state index in [0.29, 0.717) is 0 Å². The average molecular weight is 303 g/mol. The van der Waals surface area contributed by atoms with Crippen molar-refractivity contribution in [1.29, 1.82) is 0 Å². The van der Waals surface area contributed by atoms with Crippen LogP contribution in [0.15, 0.2) is 24.3 Å². The van der Waals surface area contributed by atoms with Crippen molar-refractivity contribution in [2.45, 2.75) is 90.9 Å². The molecule has 0 N–H and O–H groups in total. The van der Waals surface area contributed by atoms with E-state index in [2.05, 4.69) is 38.2 Å². The summed E-state index contributed by atoms with van der Waals surface area (Å²) in [5, 5.41) is 0. The monoisotopic (exact) mass is 302 g/mol. The molecule has 126 valence electrons. The van der Waals surface area contributed by atoms with Gasteiger partial charge in [-0.3, -0.25) is 0 Å². The van der Waals surface area contributed by atoms with Gasteiger partial charge in [-0.1, -0.05) is 69.8 Å². The van der Waals surface area contributed by atoms with Crippen molar-refractivity contribution >= 4 is 0 Å². The fourth-order valence-corrected chi connectivity index (χ4v) is 4.64. The van der Waals surface area contributed by atoms with Crippen LogP contribution in [0.1, 0.15) is 90.9 Å². The molecule has 0 radical (unpaired) electrons. The molecular weight excluding hydrogens is 264 g/mol. The summed E-state index contributed by atoms with van der Waals surface area (Å²) < 4.78 is 0. The molecule has 22 heavy (non-hydrogen) atoms. The normalized spacial score (nSPS) is 33.7. The Morgan fingerprint density at radius 1 is 0.727 bits per heavy atom. The molecule has 0 amide bonds. The lowest BCUT2D eigenvalue weighted by Crippen LogP contribution is -2.14. The molecule has 0 aliphatic heterocycles. The minimum absolute atomic E-state index is 0.868. The highest BCUT2D eigenvalue weighted by atomic mass is 14.3. The predicted octanol–water partition coefficient (Wildman–Crippen LogP) is 7.31. The molecule has 0 unspecified atom stereocenters. The molecule has 2 rings (SSSR count). The van der Waals surface area contributed by atoms with Crippen LogP contribution in [0.5, 0.6) is 0 Å². The molecule has 0 atom stereocenters. The Labute approximate surface area is 139 Å². The first-order valence-corrected chi connectivity index (χ1v) is 10.1. The molecule has 0 aromatic heterocycles. The first-order valence-electron chi connectivity index (χ1n) is 10.1. The summed E-state index contributed by atoms with van der Waals surface area (Å²) in [7, 11) is 0. The van der Waals surface area contributed by atoms with Gasteiger partial charge in [-0.2, -0.15) is 0 Å². The van der Waals surface area contributed by atoms with Crippen LogP contribution in [0, 0.1) is 23.7 Å². The second kappa shape index (κ2) is 10.3. The standard InChI is InChI=1S/C22H38/c1-3-7-19-11-15-21(16-12-19)9-5-6-10-22-17-13-20(8-4-2)14-18-22/h3,5,7,9,19-22H,4,6,8,10-18H2,1-2H3. The number of allylic oxidation sites excluding steroid dienone is 4. The van der Waals surface area contributed by atoms with Crippen LogP contribution >= 0.6 is 0 Å². The van der Waals surface area contributed by atoms with Crippen molar-refractivity contribution in [3.8, 4) is 0 Å². The van der Waals surface area contributed by atoms with E-state index in [9.17, 15) is 0 Å². The summed E-state index contributed by atoms with van der Waals surface area (Å²) in [5.41, 5.74) is 0. The Morgan fingerprint density at radius 2 is 1.27 bits per heavy atom. The molecule has 2 aliphatic rings. The summed E-state index contributed by atoms with van der Waals surface area (Å²) in [4.78, 5) is 0. The summed E-state index contributed by atoms with van der Waals surface area (Å²) in [6.07, 6.45) is 27.0. The van der Waals surface area contributed by atoms with Crippen LogP contribution in [-0.4, -0.2) is 0 Å². The van der Waals surface area contributed by atoms with E-state index in [1.54, 1.807) is 0 Å². The molecule has 2 aliphatic carbocycles. The van der Waals surface area contributed by atoms with E-state index >= 15 is 0 Å². The SMILES string of the molecule is CC=CC1CCC(C=CCCC2CCC(CCC)CC2)CC1. The molecule has 2 fully saturated rings. The highest BCUT2D eigenvalue weighted by Gasteiger charge is 2.20. The smallest absolute Gasteiger partial charge is 0.0233 e. The van der Waals surface area contributed by atoms with E-state index in [0.717, 1.165) is 23.7 Å². The van der Waals surface area contributed by atoms with E-state index < -0.39 is 0 Å². The van der Waals surface area contributed by atoms with Crippen molar-refractivity contribution in [3.63, 3.8) is 0 Å². The van der Waals surface area contributed by atoms with Gasteiger partial charge in [0.25, 0.3) is 0 Å². The summed E-state index contributed by atoms with van der Waals surface area (Å²) in [5.74, 6) is 3.84. The van der Waals surface area contributed by atoms with Gasteiger partial charge in [-0.15, -0.1) is 0 Å². The minimum Gasteiger partial charge on any atom is -0.0914 e. The van der Waals surface area contributed by atoms with Gasteiger partial charge in [0.2, 0.25) is 0 Å². The van der Waals surface area contributed by atoms with Crippen LogP contribution in [-0.2, 0) is 0 Å². The number of rotatable bonds is 7. The fourth-order valence-electron chi connectivity index (χ4n) is 4.64.